The molecule has 0 radical (unpaired) electrons. The van der Waals surface area contributed by atoms with Crippen molar-refractivity contribution in [1.29, 1.82) is 0 Å². The Morgan fingerprint density at radius 3 is 2.40 bits per heavy atom. The SMILES string of the molecule is COc1ccc2c(-c3ccc(Cl)cc3)noc2c1OC. The van der Waals surface area contributed by atoms with E-state index < -0.39 is 0 Å². The third-order valence-electron chi connectivity index (χ3n) is 3.10. The highest BCUT2D eigenvalue weighted by Gasteiger charge is 2.17. The van der Waals surface area contributed by atoms with Crippen LogP contribution in [0, 0.1) is 0 Å². The van der Waals surface area contributed by atoms with E-state index in [2.05, 4.69) is 5.16 Å². The van der Waals surface area contributed by atoms with Crippen molar-refractivity contribution in [3.8, 4) is 22.8 Å². The van der Waals surface area contributed by atoms with Crippen molar-refractivity contribution < 1.29 is 14.0 Å². The van der Waals surface area contributed by atoms with Crippen molar-refractivity contribution in [2.75, 3.05) is 14.2 Å². The quantitative estimate of drug-likeness (QED) is 0.726. The monoisotopic (exact) mass is 289 g/mol. The van der Waals surface area contributed by atoms with Gasteiger partial charge in [0.15, 0.2) is 5.75 Å². The summed E-state index contributed by atoms with van der Waals surface area (Å²) in [6.45, 7) is 0. The fraction of sp³-hybridized carbons (Fsp3) is 0.133. The topological polar surface area (TPSA) is 44.5 Å². The van der Waals surface area contributed by atoms with E-state index in [1.165, 1.54) is 0 Å². The van der Waals surface area contributed by atoms with Crippen molar-refractivity contribution in [2.24, 2.45) is 0 Å². The highest BCUT2D eigenvalue weighted by atomic mass is 35.5. The van der Waals surface area contributed by atoms with Gasteiger partial charge in [-0.3, -0.25) is 0 Å². The first-order valence-corrected chi connectivity index (χ1v) is 6.38. The highest BCUT2D eigenvalue weighted by molar-refractivity contribution is 6.30. The van der Waals surface area contributed by atoms with Gasteiger partial charge in [0, 0.05) is 10.6 Å². The average Bonchev–Trinajstić information content (AvgIpc) is 2.91. The number of halogens is 1. The summed E-state index contributed by atoms with van der Waals surface area (Å²) < 4.78 is 16.0. The van der Waals surface area contributed by atoms with Gasteiger partial charge in [0.25, 0.3) is 0 Å². The van der Waals surface area contributed by atoms with Crippen LogP contribution in [-0.4, -0.2) is 19.4 Å². The molecule has 0 saturated carbocycles. The highest BCUT2D eigenvalue weighted by Crippen LogP contribution is 2.39. The summed E-state index contributed by atoms with van der Waals surface area (Å²) >= 11 is 5.90. The fourth-order valence-electron chi connectivity index (χ4n) is 2.13. The van der Waals surface area contributed by atoms with Crippen LogP contribution >= 0.6 is 11.6 Å². The lowest BCUT2D eigenvalue weighted by molar-refractivity contribution is 0.348. The summed E-state index contributed by atoms with van der Waals surface area (Å²) in [6, 6.07) is 11.2. The van der Waals surface area contributed by atoms with E-state index in [1.807, 2.05) is 36.4 Å². The van der Waals surface area contributed by atoms with E-state index in [1.54, 1.807) is 14.2 Å². The standard InChI is InChI=1S/C15H12ClNO3/c1-18-12-8-7-11-13(9-3-5-10(16)6-4-9)17-20-14(11)15(12)19-2/h3-8H,1-2H3. The predicted octanol–water partition coefficient (Wildman–Crippen LogP) is 4.17. The second-order valence-electron chi connectivity index (χ2n) is 4.22. The van der Waals surface area contributed by atoms with Gasteiger partial charge in [0.05, 0.1) is 19.6 Å². The average molecular weight is 290 g/mol. The molecule has 0 bridgehead atoms. The Morgan fingerprint density at radius 2 is 1.75 bits per heavy atom. The third-order valence-corrected chi connectivity index (χ3v) is 3.35. The van der Waals surface area contributed by atoms with Crippen LogP contribution in [0.4, 0.5) is 0 Å². The molecule has 2 aromatic carbocycles. The minimum atomic E-state index is 0.540. The molecule has 0 saturated heterocycles. The molecule has 0 atom stereocenters. The Hall–Kier alpha value is -2.20. The normalized spacial score (nSPS) is 10.8. The summed E-state index contributed by atoms with van der Waals surface area (Å²) in [7, 11) is 3.15. The third kappa shape index (κ3) is 1.98. The van der Waals surface area contributed by atoms with Crippen LogP contribution in [0.15, 0.2) is 40.9 Å². The molecule has 0 aliphatic rings. The maximum atomic E-state index is 5.90. The molecule has 4 nitrogen and oxygen atoms in total. The maximum Gasteiger partial charge on any atom is 0.213 e. The molecule has 3 rings (SSSR count). The van der Waals surface area contributed by atoms with E-state index in [-0.39, 0.29) is 0 Å². The zero-order chi connectivity index (χ0) is 14.1. The summed E-state index contributed by atoms with van der Waals surface area (Å²) in [4.78, 5) is 0. The van der Waals surface area contributed by atoms with Crippen molar-refractivity contribution in [2.45, 2.75) is 0 Å². The van der Waals surface area contributed by atoms with Gasteiger partial charge in [-0.1, -0.05) is 28.9 Å². The van der Waals surface area contributed by atoms with Crippen LogP contribution in [0.2, 0.25) is 5.02 Å². The Balaban J connectivity index is 2.21. The first-order chi connectivity index (χ1) is 9.74. The summed E-state index contributed by atoms with van der Waals surface area (Å²) in [5.74, 6) is 1.15. The molecule has 102 valence electrons. The van der Waals surface area contributed by atoms with Crippen LogP contribution < -0.4 is 9.47 Å². The lowest BCUT2D eigenvalue weighted by Gasteiger charge is -2.06. The van der Waals surface area contributed by atoms with Crippen molar-refractivity contribution in [3.63, 3.8) is 0 Å². The van der Waals surface area contributed by atoms with Crippen LogP contribution in [0.25, 0.3) is 22.2 Å². The number of methoxy groups -OCH3 is 2. The Labute approximate surface area is 120 Å². The number of aromatic nitrogens is 1. The molecule has 0 N–H and O–H groups in total. The molecular formula is C15H12ClNO3. The first-order valence-electron chi connectivity index (χ1n) is 6.01. The van der Waals surface area contributed by atoms with Crippen molar-refractivity contribution in [1.82, 2.24) is 5.16 Å². The fourth-order valence-corrected chi connectivity index (χ4v) is 2.26. The van der Waals surface area contributed by atoms with Gasteiger partial charge in [-0.15, -0.1) is 0 Å². The minimum Gasteiger partial charge on any atom is -0.493 e. The van der Waals surface area contributed by atoms with Crippen molar-refractivity contribution >= 4 is 22.6 Å². The smallest absolute Gasteiger partial charge is 0.213 e. The number of rotatable bonds is 3. The van der Waals surface area contributed by atoms with Gasteiger partial charge in [0.1, 0.15) is 5.69 Å². The molecule has 0 spiro atoms. The lowest BCUT2D eigenvalue weighted by atomic mass is 10.1. The Kier molecular flexibility index (Phi) is 3.24. The Morgan fingerprint density at radius 1 is 1.00 bits per heavy atom. The molecule has 0 unspecified atom stereocenters. The zero-order valence-electron chi connectivity index (χ0n) is 11.0. The molecule has 0 aliphatic carbocycles. The lowest BCUT2D eigenvalue weighted by Crippen LogP contribution is -1.90. The predicted molar refractivity (Wildman–Crippen MR) is 77.6 cm³/mol. The summed E-state index contributed by atoms with van der Waals surface area (Å²) in [6.07, 6.45) is 0. The Bertz CT molecular complexity index is 750. The van der Waals surface area contributed by atoms with Crippen LogP contribution in [0.1, 0.15) is 0 Å². The van der Waals surface area contributed by atoms with E-state index in [9.17, 15) is 0 Å². The van der Waals surface area contributed by atoms with Gasteiger partial charge in [-0.25, -0.2) is 0 Å². The molecule has 0 amide bonds. The maximum absolute atomic E-state index is 5.90. The van der Waals surface area contributed by atoms with Crippen LogP contribution in [0.3, 0.4) is 0 Å². The minimum absolute atomic E-state index is 0.540. The molecule has 5 heteroatoms. The van der Waals surface area contributed by atoms with Crippen LogP contribution in [-0.2, 0) is 0 Å². The molecule has 0 fully saturated rings. The number of hydrogen-bond acceptors (Lipinski definition) is 4. The van der Waals surface area contributed by atoms with E-state index in [4.69, 9.17) is 25.6 Å². The number of benzene rings is 2. The number of ether oxygens (including phenoxy) is 2. The number of hydrogen-bond donors (Lipinski definition) is 0. The van der Waals surface area contributed by atoms with Crippen molar-refractivity contribution in [3.05, 3.63) is 41.4 Å². The second kappa shape index (κ2) is 5.06. The van der Waals surface area contributed by atoms with Gasteiger partial charge in [-0.05, 0) is 24.3 Å². The molecular weight excluding hydrogens is 278 g/mol. The zero-order valence-corrected chi connectivity index (χ0v) is 11.8. The summed E-state index contributed by atoms with van der Waals surface area (Å²) in [5.41, 5.74) is 2.25. The molecule has 0 aliphatic heterocycles. The van der Waals surface area contributed by atoms with Gasteiger partial charge in [-0.2, -0.15) is 0 Å². The van der Waals surface area contributed by atoms with E-state index in [0.29, 0.717) is 22.1 Å². The van der Waals surface area contributed by atoms with Crippen LogP contribution in [0.5, 0.6) is 11.5 Å². The number of nitrogens with zero attached hydrogens (tertiary/aromatic N) is 1. The number of fused-ring (bicyclic) bond motifs is 1. The van der Waals surface area contributed by atoms with E-state index in [0.717, 1.165) is 16.6 Å². The molecule has 1 heterocycles. The molecule has 20 heavy (non-hydrogen) atoms. The largest absolute Gasteiger partial charge is 0.493 e. The van der Waals surface area contributed by atoms with Gasteiger partial charge in [0.2, 0.25) is 11.3 Å². The van der Waals surface area contributed by atoms with E-state index >= 15 is 0 Å². The molecule has 1 aromatic heterocycles. The first kappa shape index (κ1) is 12.8. The summed E-state index contributed by atoms with van der Waals surface area (Å²) in [5, 5.41) is 5.67. The van der Waals surface area contributed by atoms with Gasteiger partial charge < -0.3 is 14.0 Å². The van der Waals surface area contributed by atoms with Gasteiger partial charge >= 0.3 is 0 Å². The second-order valence-corrected chi connectivity index (χ2v) is 4.65. The molecule has 3 aromatic rings.